The van der Waals surface area contributed by atoms with Gasteiger partial charge in [0.15, 0.2) is 12.4 Å². The molecule has 6 aromatic rings. The molecule has 13 nitrogen and oxygen atoms in total. The van der Waals surface area contributed by atoms with E-state index in [0.717, 1.165) is 33.4 Å². The number of hydrogen-bond acceptors (Lipinski definition) is 12. The van der Waals surface area contributed by atoms with E-state index in [-0.39, 0.29) is 52.9 Å². The summed E-state index contributed by atoms with van der Waals surface area (Å²) in [6, 6.07) is 56.7. The first-order valence-corrected chi connectivity index (χ1v) is 23.0. The van der Waals surface area contributed by atoms with Gasteiger partial charge in [-0.3, -0.25) is 10.1 Å². The van der Waals surface area contributed by atoms with Gasteiger partial charge in [0, 0.05) is 12.0 Å². The minimum atomic E-state index is -1.54. The normalized spacial score (nSPS) is 24.9. The Labute approximate surface area is 397 Å². The molecule has 0 unspecified atom stereocenters. The van der Waals surface area contributed by atoms with Crippen molar-refractivity contribution in [1.29, 1.82) is 0 Å². The number of ether oxygens (including phenoxy) is 10. The second kappa shape index (κ2) is 25.6. The Morgan fingerprint density at radius 1 is 0.397 bits per heavy atom. The van der Waals surface area contributed by atoms with E-state index in [1.54, 1.807) is 0 Å². The van der Waals surface area contributed by atoms with Crippen molar-refractivity contribution in [3.05, 3.63) is 225 Å². The lowest BCUT2D eigenvalue weighted by Crippen LogP contribution is -2.65. The fourth-order valence-corrected chi connectivity index (χ4v) is 8.44. The summed E-state index contributed by atoms with van der Waals surface area (Å²) < 4.78 is 65.6. The largest absolute Gasteiger partial charge is 0.374 e. The van der Waals surface area contributed by atoms with Crippen LogP contribution in [0.5, 0.6) is 0 Å². The Hall–Kier alpha value is -5.68. The van der Waals surface area contributed by atoms with Gasteiger partial charge >= 0.3 is 0 Å². The quantitative estimate of drug-likeness (QED) is 0.0424. The Balaban J connectivity index is 1.10. The smallest absolute Gasteiger partial charge is 0.291 e. The molecular formula is C55H59NO12. The van der Waals surface area contributed by atoms with Crippen LogP contribution in [0.1, 0.15) is 33.4 Å². The summed E-state index contributed by atoms with van der Waals surface area (Å²) in [4.78, 5) is 13.0. The van der Waals surface area contributed by atoms with Gasteiger partial charge in [-0.05, 0) is 33.4 Å². The van der Waals surface area contributed by atoms with E-state index in [0.29, 0.717) is 0 Å². The minimum absolute atomic E-state index is 0.0220. The zero-order chi connectivity index (χ0) is 46.8. The predicted octanol–water partition coefficient (Wildman–Crippen LogP) is 8.89. The van der Waals surface area contributed by atoms with Gasteiger partial charge in [0.05, 0.1) is 52.9 Å². The Morgan fingerprint density at radius 3 is 1.12 bits per heavy atom. The molecule has 68 heavy (non-hydrogen) atoms. The van der Waals surface area contributed by atoms with Crippen molar-refractivity contribution in [2.45, 2.75) is 101 Å². The van der Waals surface area contributed by atoms with Gasteiger partial charge in [0.1, 0.15) is 36.6 Å². The number of methoxy groups -OCH3 is 1. The second-order valence-electron chi connectivity index (χ2n) is 16.7. The summed E-state index contributed by atoms with van der Waals surface area (Å²) in [5.41, 5.74) is 5.49. The second-order valence-corrected chi connectivity index (χ2v) is 16.7. The molecule has 0 aromatic heterocycles. The number of nitro groups is 1. The van der Waals surface area contributed by atoms with Crippen molar-refractivity contribution in [2.24, 2.45) is 0 Å². The summed E-state index contributed by atoms with van der Waals surface area (Å²) in [7, 11) is 1.54. The van der Waals surface area contributed by atoms with Gasteiger partial charge < -0.3 is 47.4 Å². The summed E-state index contributed by atoms with van der Waals surface area (Å²) in [6.07, 6.45) is -8.54. The van der Waals surface area contributed by atoms with E-state index in [1.165, 1.54) is 7.11 Å². The first-order valence-electron chi connectivity index (χ1n) is 23.0. The molecule has 0 saturated carbocycles. The third-order valence-electron chi connectivity index (χ3n) is 11.9. The highest BCUT2D eigenvalue weighted by atomic mass is 16.7. The summed E-state index contributed by atoms with van der Waals surface area (Å²) in [5, 5.41) is 13.5. The van der Waals surface area contributed by atoms with Crippen LogP contribution in [0.25, 0.3) is 0 Å². The van der Waals surface area contributed by atoms with Gasteiger partial charge in [-0.15, -0.1) is 0 Å². The molecule has 0 spiro atoms. The predicted molar refractivity (Wildman–Crippen MR) is 252 cm³/mol. The molecule has 0 radical (unpaired) electrons. The highest BCUT2D eigenvalue weighted by Gasteiger charge is 2.56. The van der Waals surface area contributed by atoms with Crippen LogP contribution in [0.15, 0.2) is 182 Å². The SMILES string of the molecule is CO[C@H]1O[C@H](CO[C@H]2O[C@H](COCc3ccccc3)[C@H](OCc3ccccc3)[C@H](OCc3ccccc3)[C@H]2[N+](=O)[O-])[C@@H](OCc2ccccc2)[C@H](OCc2ccccc2)[C@H]1OCc1ccccc1. The molecule has 2 saturated heterocycles. The molecule has 356 valence electrons. The van der Waals surface area contributed by atoms with Crippen molar-refractivity contribution in [1.82, 2.24) is 0 Å². The van der Waals surface area contributed by atoms with Crippen LogP contribution in [0, 0.1) is 10.1 Å². The van der Waals surface area contributed by atoms with Crippen LogP contribution in [-0.2, 0) is 87.0 Å². The molecule has 6 aromatic carbocycles. The van der Waals surface area contributed by atoms with E-state index in [4.69, 9.17) is 47.4 Å². The summed E-state index contributed by atoms with van der Waals surface area (Å²) >= 11 is 0. The fraction of sp³-hybridized carbons (Fsp3) is 0.345. The van der Waals surface area contributed by atoms with Gasteiger partial charge in [-0.1, -0.05) is 182 Å². The molecule has 2 fully saturated rings. The van der Waals surface area contributed by atoms with E-state index < -0.39 is 66.3 Å². The number of benzene rings is 6. The molecule has 0 N–H and O–H groups in total. The van der Waals surface area contributed by atoms with Crippen LogP contribution < -0.4 is 0 Å². The number of rotatable bonds is 24. The first kappa shape index (κ1) is 48.8. The molecule has 0 bridgehead atoms. The topological polar surface area (TPSA) is 135 Å². The van der Waals surface area contributed by atoms with E-state index in [9.17, 15) is 10.1 Å². The highest BCUT2D eigenvalue weighted by Crippen LogP contribution is 2.34. The standard InChI is InChI=1S/C55H59NO12/c1-59-55-53(65-37-45-30-18-7-19-31-45)52(64-36-44-28-16-6-17-29-44)50(62-34-42-24-12-4-13-25-42)47(68-55)39-66-54-48(56(57)58)51(63-35-43-26-14-5-15-27-43)49(61-33-41-22-10-3-11-23-41)46(67-54)38-60-32-40-20-8-2-9-21-40/h2-31,46-55H,32-39H2,1H3/t46-,47-,48-,49+,50-,51-,52+,53-,54+,55+/m1/s1. The maximum Gasteiger partial charge on any atom is 0.291 e. The average Bonchev–Trinajstić information content (AvgIpc) is 3.39. The zero-order valence-corrected chi connectivity index (χ0v) is 38.1. The Kier molecular flexibility index (Phi) is 18.4. The number of nitrogens with zero attached hydrogens (tertiary/aromatic N) is 1. The Bertz CT molecular complexity index is 2330. The van der Waals surface area contributed by atoms with Gasteiger partial charge in [0.25, 0.3) is 6.04 Å². The first-order chi connectivity index (χ1) is 33.5. The molecule has 2 aliphatic rings. The van der Waals surface area contributed by atoms with Crippen LogP contribution >= 0.6 is 0 Å². The molecular weight excluding hydrogens is 867 g/mol. The average molecular weight is 926 g/mol. The molecule has 8 rings (SSSR count). The maximum absolute atomic E-state index is 13.5. The van der Waals surface area contributed by atoms with Gasteiger partial charge in [-0.2, -0.15) is 0 Å². The molecule has 0 amide bonds. The monoisotopic (exact) mass is 925 g/mol. The Morgan fingerprint density at radius 2 is 0.721 bits per heavy atom. The molecule has 0 aliphatic carbocycles. The molecule has 13 heteroatoms. The molecule has 2 heterocycles. The van der Waals surface area contributed by atoms with E-state index in [1.807, 2.05) is 182 Å². The van der Waals surface area contributed by atoms with Crippen LogP contribution in [-0.4, -0.2) is 86.6 Å². The third kappa shape index (κ3) is 13.7. The molecule has 2 aliphatic heterocycles. The van der Waals surface area contributed by atoms with Crippen molar-refractivity contribution >= 4 is 0 Å². The maximum atomic E-state index is 13.5. The number of hydrogen-bond donors (Lipinski definition) is 0. The lowest BCUT2D eigenvalue weighted by atomic mass is 9.96. The van der Waals surface area contributed by atoms with Crippen LogP contribution in [0.2, 0.25) is 0 Å². The van der Waals surface area contributed by atoms with Gasteiger partial charge in [-0.25, -0.2) is 0 Å². The van der Waals surface area contributed by atoms with Crippen molar-refractivity contribution in [2.75, 3.05) is 20.3 Å². The highest BCUT2D eigenvalue weighted by molar-refractivity contribution is 5.18. The minimum Gasteiger partial charge on any atom is -0.374 e. The summed E-state index contributed by atoms with van der Waals surface area (Å²) in [6.45, 7) is 0.990. The van der Waals surface area contributed by atoms with E-state index in [2.05, 4.69) is 0 Å². The van der Waals surface area contributed by atoms with Crippen LogP contribution in [0.4, 0.5) is 0 Å². The third-order valence-corrected chi connectivity index (χ3v) is 11.9. The lowest BCUT2D eigenvalue weighted by molar-refractivity contribution is -0.577. The zero-order valence-electron chi connectivity index (χ0n) is 38.1. The van der Waals surface area contributed by atoms with E-state index >= 15 is 0 Å². The van der Waals surface area contributed by atoms with Crippen molar-refractivity contribution in [3.8, 4) is 0 Å². The van der Waals surface area contributed by atoms with Crippen molar-refractivity contribution < 1.29 is 52.3 Å². The summed E-state index contributed by atoms with van der Waals surface area (Å²) in [5.74, 6) is 0. The molecule has 10 atom stereocenters. The van der Waals surface area contributed by atoms with Crippen LogP contribution in [0.3, 0.4) is 0 Å². The lowest BCUT2D eigenvalue weighted by Gasteiger charge is -2.46. The fourth-order valence-electron chi connectivity index (χ4n) is 8.44. The van der Waals surface area contributed by atoms with Gasteiger partial charge in [0.2, 0.25) is 6.29 Å². The van der Waals surface area contributed by atoms with Crippen molar-refractivity contribution in [3.63, 3.8) is 0 Å².